The van der Waals surface area contributed by atoms with E-state index in [2.05, 4.69) is 15.4 Å². The van der Waals surface area contributed by atoms with E-state index in [4.69, 9.17) is 17.3 Å². The first kappa shape index (κ1) is 27.6. The number of primary amides is 1. The summed E-state index contributed by atoms with van der Waals surface area (Å²) in [6, 6.07) is 23.0. The van der Waals surface area contributed by atoms with Crippen molar-refractivity contribution in [1.29, 1.82) is 0 Å². The van der Waals surface area contributed by atoms with E-state index in [-0.39, 0.29) is 12.6 Å². The van der Waals surface area contributed by atoms with Crippen molar-refractivity contribution >= 4 is 34.3 Å². The molecule has 0 saturated heterocycles. The summed E-state index contributed by atoms with van der Waals surface area (Å²) >= 11 is 6.41. The number of carbonyl (C=O) groups is 2. The molecule has 2 aromatic heterocycles. The number of nitrogens with two attached hydrogens (primary N) is 1. The van der Waals surface area contributed by atoms with Crippen molar-refractivity contribution in [1.82, 2.24) is 24.6 Å². The number of halogens is 1. The number of carbonyl (C=O) groups excluding carboxylic acids is 2. The van der Waals surface area contributed by atoms with Crippen LogP contribution in [0, 0.1) is 13.8 Å². The maximum atomic E-state index is 13.0. The second-order valence-corrected chi connectivity index (χ2v) is 9.51. The Kier molecular flexibility index (Phi) is 8.78. The Morgan fingerprint density at radius 1 is 1.00 bits per heavy atom. The number of rotatable bonds is 7. The first-order valence-corrected chi connectivity index (χ1v) is 13.1. The molecular weight excluding hydrogens is 512 g/mol. The van der Waals surface area contributed by atoms with Gasteiger partial charge >= 0.3 is 0 Å². The number of benzene rings is 3. The summed E-state index contributed by atoms with van der Waals surface area (Å²) in [5.74, 6) is -0.153. The molecule has 0 atom stereocenters. The highest BCUT2D eigenvalue weighted by Crippen LogP contribution is 2.28. The van der Waals surface area contributed by atoms with E-state index in [1.165, 1.54) is 0 Å². The van der Waals surface area contributed by atoms with Gasteiger partial charge < -0.3 is 15.6 Å². The predicted molar refractivity (Wildman–Crippen MR) is 154 cm³/mol. The van der Waals surface area contributed by atoms with Crippen molar-refractivity contribution in [2.24, 2.45) is 5.73 Å². The number of aryl methyl sites for hydroxylation is 2. The Bertz CT molecular complexity index is 1580. The monoisotopic (exact) mass is 542 g/mol. The molecule has 0 bridgehead atoms. The Morgan fingerprint density at radius 2 is 1.69 bits per heavy atom. The van der Waals surface area contributed by atoms with Crippen LogP contribution in [0.1, 0.15) is 51.1 Å². The third kappa shape index (κ3) is 6.35. The molecule has 2 heterocycles. The quantitative estimate of drug-likeness (QED) is 0.278. The predicted octanol–water partition coefficient (Wildman–Crippen LogP) is 5.62. The van der Waals surface area contributed by atoms with Crippen molar-refractivity contribution in [2.75, 3.05) is 0 Å². The van der Waals surface area contributed by atoms with Crippen LogP contribution < -0.4 is 11.1 Å². The molecule has 0 unspecified atom stereocenters. The highest BCUT2D eigenvalue weighted by atomic mass is 35.5. The average molecular weight is 543 g/mol. The summed E-state index contributed by atoms with van der Waals surface area (Å²) in [7, 11) is 0. The van der Waals surface area contributed by atoms with Crippen molar-refractivity contribution in [3.05, 3.63) is 112 Å². The molecule has 5 aromatic rings. The lowest BCUT2D eigenvalue weighted by Crippen LogP contribution is -2.27. The van der Waals surface area contributed by atoms with Crippen LogP contribution in [0.5, 0.6) is 0 Å². The molecule has 200 valence electrons. The van der Waals surface area contributed by atoms with Gasteiger partial charge in [0.25, 0.3) is 11.8 Å². The zero-order chi connectivity index (χ0) is 27.9. The van der Waals surface area contributed by atoms with Crippen LogP contribution in [-0.4, -0.2) is 31.1 Å². The van der Waals surface area contributed by atoms with E-state index in [9.17, 15) is 9.59 Å². The van der Waals surface area contributed by atoms with Gasteiger partial charge in [0, 0.05) is 11.1 Å². The van der Waals surface area contributed by atoms with Crippen LogP contribution in [0.3, 0.4) is 0 Å². The van der Waals surface area contributed by atoms with Crippen LogP contribution in [-0.2, 0) is 13.1 Å². The van der Waals surface area contributed by atoms with Gasteiger partial charge in [0.15, 0.2) is 0 Å². The van der Waals surface area contributed by atoms with Crippen LogP contribution in [0.4, 0.5) is 0 Å². The summed E-state index contributed by atoms with van der Waals surface area (Å²) in [5.41, 5.74) is 9.99. The maximum absolute atomic E-state index is 13.0. The van der Waals surface area contributed by atoms with Gasteiger partial charge in [-0.1, -0.05) is 73.0 Å². The van der Waals surface area contributed by atoms with Crippen molar-refractivity contribution in [2.45, 2.75) is 40.3 Å². The number of nitrogens with zero attached hydrogens (tertiary/aromatic N) is 4. The van der Waals surface area contributed by atoms with Crippen LogP contribution in [0.25, 0.3) is 16.6 Å². The van der Waals surface area contributed by atoms with E-state index >= 15 is 0 Å². The smallest absolute Gasteiger partial charge is 0.254 e. The molecule has 5 rings (SSSR count). The lowest BCUT2D eigenvalue weighted by atomic mass is 10.1. The van der Waals surface area contributed by atoms with Crippen molar-refractivity contribution < 1.29 is 9.59 Å². The zero-order valence-corrected chi connectivity index (χ0v) is 22.9. The molecule has 39 heavy (non-hydrogen) atoms. The SMILES string of the molecule is CCCc1c(C(N)=O)c2cc(C)ccc2n1CNC(=O)c1ccc(-n2cnc(C)n2)cc1Cl.c1ccccc1. The van der Waals surface area contributed by atoms with E-state index in [0.717, 1.165) is 28.6 Å². The lowest BCUT2D eigenvalue weighted by molar-refractivity contribution is 0.0942. The molecule has 8 nitrogen and oxygen atoms in total. The van der Waals surface area contributed by atoms with Crippen molar-refractivity contribution in [3.63, 3.8) is 0 Å². The van der Waals surface area contributed by atoms with Crippen LogP contribution in [0.2, 0.25) is 5.02 Å². The van der Waals surface area contributed by atoms with E-state index < -0.39 is 5.91 Å². The summed E-state index contributed by atoms with van der Waals surface area (Å²) in [5, 5.41) is 8.29. The fourth-order valence-electron chi connectivity index (χ4n) is 4.41. The molecule has 0 aliphatic rings. The summed E-state index contributed by atoms with van der Waals surface area (Å²) in [4.78, 5) is 29.3. The molecule has 0 aliphatic carbocycles. The largest absolute Gasteiger partial charge is 0.366 e. The van der Waals surface area contributed by atoms with Gasteiger partial charge in [0.05, 0.1) is 34.0 Å². The van der Waals surface area contributed by atoms with Gasteiger partial charge in [-0.3, -0.25) is 9.59 Å². The maximum Gasteiger partial charge on any atom is 0.254 e. The van der Waals surface area contributed by atoms with Gasteiger partial charge in [-0.25, -0.2) is 9.67 Å². The number of aromatic nitrogens is 4. The second-order valence-electron chi connectivity index (χ2n) is 9.10. The van der Waals surface area contributed by atoms with Crippen molar-refractivity contribution in [3.8, 4) is 5.69 Å². The van der Waals surface area contributed by atoms with Gasteiger partial charge in [0.1, 0.15) is 12.2 Å². The molecule has 0 saturated carbocycles. The first-order chi connectivity index (χ1) is 18.8. The van der Waals surface area contributed by atoms with E-state index in [1.807, 2.05) is 73.0 Å². The number of fused-ring (bicyclic) bond motifs is 1. The highest BCUT2D eigenvalue weighted by molar-refractivity contribution is 6.34. The molecule has 3 N–H and O–H groups in total. The third-order valence-electron chi connectivity index (χ3n) is 6.19. The van der Waals surface area contributed by atoms with Crippen LogP contribution >= 0.6 is 11.6 Å². The number of nitrogens with one attached hydrogen (secondary N) is 1. The average Bonchev–Trinajstić information content (AvgIpc) is 3.49. The third-order valence-corrected chi connectivity index (χ3v) is 6.51. The van der Waals surface area contributed by atoms with E-state index in [0.29, 0.717) is 34.1 Å². The highest BCUT2D eigenvalue weighted by Gasteiger charge is 2.21. The van der Waals surface area contributed by atoms with Gasteiger partial charge in [-0.2, -0.15) is 5.10 Å². The Balaban J connectivity index is 0.000000519. The topological polar surface area (TPSA) is 108 Å². The second kappa shape index (κ2) is 12.4. The summed E-state index contributed by atoms with van der Waals surface area (Å²) in [6.45, 7) is 5.98. The minimum absolute atomic E-state index is 0.182. The first-order valence-electron chi connectivity index (χ1n) is 12.7. The van der Waals surface area contributed by atoms with Gasteiger partial charge in [-0.05, 0) is 50.6 Å². The van der Waals surface area contributed by atoms with E-state index in [1.54, 1.807) is 36.1 Å². The molecule has 2 amide bonds. The van der Waals surface area contributed by atoms with Crippen LogP contribution in [0.15, 0.2) is 79.1 Å². The Morgan fingerprint density at radius 3 is 2.26 bits per heavy atom. The fourth-order valence-corrected chi connectivity index (χ4v) is 4.67. The molecule has 0 spiro atoms. The molecular formula is C30H31ClN6O2. The zero-order valence-electron chi connectivity index (χ0n) is 22.2. The summed E-state index contributed by atoms with van der Waals surface area (Å²) < 4.78 is 3.54. The molecule has 0 aliphatic heterocycles. The normalized spacial score (nSPS) is 10.7. The number of hydrogen-bond acceptors (Lipinski definition) is 4. The molecule has 3 aromatic carbocycles. The fraction of sp³-hybridized carbons (Fsp3) is 0.200. The van der Waals surface area contributed by atoms with Gasteiger partial charge in [-0.15, -0.1) is 0 Å². The summed E-state index contributed by atoms with van der Waals surface area (Å²) in [6.07, 6.45) is 3.08. The molecule has 0 fully saturated rings. The minimum atomic E-state index is -0.471. The molecule has 9 heteroatoms. The Hall–Kier alpha value is -4.43. The number of amides is 2. The Labute approximate surface area is 232 Å². The number of hydrogen-bond donors (Lipinski definition) is 2. The minimum Gasteiger partial charge on any atom is -0.366 e. The molecule has 0 radical (unpaired) electrons. The van der Waals surface area contributed by atoms with Gasteiger partial charge in [0.2, 0.25) is 0 Å². The lowest BCUT2D eigenvalue weighted by Gasteiger charge is -2.13. The standard InChI is InChI=1S/C24H25ClN6O2.C6H6/c1-4-5-21-22(23(26)32)18-10-14(2)6-9-20(18)30(21)12-28-24(33)17-8-7-16(11-19(17)25)31-13-27-15(3)29-31;1-2-4-6-5-3-1/h6-11,13H,4-5,12H2,1-3H3,(H2,26,32)(H,28,33);1-6H.